The topological polar surface area (TPSA) is 44.8 Å². The zero-order chi connectivity index (χ0) is 16.1. The van der Waals surface area contributed by atoms with E-state index in [1.54, 1.807) is 12.1 Å². The summed E-state index contributed by atoms with van der Waals surface area (Å²) in [6.45, 7) is 5.78. The number of carbonyl (C=O) groups excluding carboxylic acids is 1. The van der Waals surface area contributed by atoms with Crippen LogP contribution in [0.1, 0.15) is 27.0 Å². The molecule has 0 aromatic heterocycles. The molecule has 0 N–H and O–H groups in total. The molecule has 0 spiro atoms. The molecule has 0 fully saturated rings. The summed E-state index contributed by atoms with van der Waals surface area (Å²) in [6, 6.07) is 13.0. The summed E-state index contributed by atoms with van der Waals surface area (Å²) in [5, 5.41) is 0. The molecule has 116 valence electrons. The maximum absolute atomic E-state index is 12.4. The minimum absolute atomic E-state index is 0.432. The first-order valence-electron chi connectivity index (χ1n) is 6.88. The van der Waals surface area contributed by atoms with Crippen molar-refractivity contribution >= 4 is 14.6 Å². The molecule has 0 aliphatic heterocycles. The van der Waals surface area contributed by atoms with E-state index in [-0.39, 0.29) is 0 Å². The Morgan fingerprint density at radius 1 is 1.00 bits per heavy atom. The van der Waals surface area contributed by atoms with Crippen molar-refractivity contribution in [2.75, 3.05) is 7.11 Å². The summed E-state index contributed by atoms with van der Waals surface area (Å²) >= 11 is 0. The van der Waals surface area contributed by atoms with E-state index in [4.69, 9.17) is 13.6 Å². The van der Waals surface area contributed by atoms with Gasteiger partial charge in [-0.05, 0) is 44.0 Å². The van der Waals surface area contributed by atoms with E-state index in [2.05, 4.69) is 0 Å². The molecule has 0 bridgehead atoms. The fraction of sp³-hybridized carbons (Fsp3) is 0.235. The molecule has 1 unspecified atom stereocenters. The Labute approximate surface area is 132 Å². The average Bonchev–Trinajstić information content (AvgIpc) is 2.46. The molecule has 4 nitrogen and oxygen atoms in total. The van der Waals surface area contributed by atoms with Crippen LogP contribution in [-0.2, 0) is 9.05 Å². The van der Waals surface area contributed by atoms with E-state index in [0.717, 1.165) is 16.7 Å². The number of carbonyl (C=O) groups is 1. The van der Waals surface area contributed by atoms with Crippen molar-refractivity contribution in [2.24, 2.45) is 0 Å². The van der Waals surface area contributed by atoms with Gasteiger partial charge < -0.3 is 9.05 Å². The summed E-state index contributed by atoms with van der Waals surface area (Å²) in [4.78, 5) is 12.4. The fourth-order valence-corrected chi connectivity index (χ4v) is 2.98. The molecule has 0 aliphatic carbocycles. The van der Waals surface area contributed by atoms with E-state index in [1.165, 1.54) is 7.11 Å². The van der Waals surface area contributed by atoms with Crippen LogP contribution < -0.4 is 4.52 Å². The van der Waals surface area contributed by atoms with Crippen molar-refractivity contribution in [2.45, 2.75) is 20.8 Å². The van der Waals surface area contributed by atoms with E-state index in [9.17, 15) is 4.79 Å². The second-order valence-electron chi connectivity index (χ2n) is 4.96. The van der Waals surface area contributed by atoms with Crippen molar-refractivity contribution in [3.63, 3.8) is 0 Å². The molecule has 1 atom stereocenters. The normalized spacial score (nSPS) is 11.8. The molecule has 2 rings (SSSR count). The van der Waals surface area contributed by atoms with Crippen LogP contribution in [0.3, 0.4) is 0 Å². The first kappa shape index (κ1) is 16.5. The Balaban J connectivity index is 2.13. The number of hydrogen-bond donors (Lipinski definition) is 0. The predicted octanol–water partition coefficient (Wildman–Crippen LogP) is 4.72. The minimum Gasteiger partial charge on any atom is -0.418 e. The van der Waals surface area contributed by atoms with Crippen molar-refractivity contribution in [3.8, 4) is 5.75 Å². The highest BCUT2D eigenvalue weighted by atomic mass is 31.2. The summed E-state index contributed by atoms with van der Waals surface area (Å²) in [5.74, 6) is 0.166. The van der Waals surface area contributed by atoms with Crippen LogP contribution in [0.25, 0.3) is 0 Å². The standard InChI is InChI=1S/C17H19O4P/c1-12-10-13(2)16(14(3)11-12)17(18)21-22(19-4)20-15-8-6-5-7-9-15/h5-11H,1-4H3. The number of rotatable bonds is 5. The number of para-hydroxylation sites is 1. The van der Waals surface area contributed by atoms with Crippen LogP contribution in [0.5, 0.6) is 5.75 Å². The van der Waals surface area contributed by atoms with Gasteiger partial charge in [0.25, 0.3) is 0 Å². The van der Waals surface area contributed by atoms with Gasteiger partial charge in [-0.15, -0.1) is 0 Å². The maximum Gasteiger partial charge on any atom is 0.465 e. The molecule has 2 aromatic rings. The van der Waals surface area contributed by atoms with Gasteiger partial charge >= 0.3 is 14.6 Å². The Morgan fingerprint density at radius 2 is 1.59 bits per heavy atom. The van der Waals surface area contributed by atoms with Crippen LogP contribution >= 0.6 is 8.60 Å². The quantitative estimate of drug-likeness (QED) is 0.748. The third-order valence-electron chi connectivity index (χ3n) is 3.11. The Morgan fingerprint density at radius 3 is 2.14 bits per heavy atom. The van der Waals surface area contributed by atoms with E-state index >= 15 is 0 Å². The first-order valence-corrected chi connectivity index (χ1v) is 7.98. The predicted molar refractivity (Wildman–Crippen MR) is 87.1 cm³/mol. The average molecular weight is 318 g/mol. The molecule has 0 aliphatic rings. The van der Waals surface area contributed by atoms with Gasteiger partial charge in [-0.3, -0.25) is 4.52 Å². The van der Waals surface area contributed by atoms with Crippen molar-refractivity contribution in [1.82, 2.24) is 0 Å². The van der Waals surface area contributed by atoms with Crippen LogP contribution in [0, 0.1) is 20.8 Å². The second kappa shape index (κ2) is 7.39. The molecule has 0 amide bonds. The summed E-state index contributed by atoms with van der Waals surface area (Å²) < 4.78 is 16.1. The minimum atomic E-state index is -1.78. The highest BCUT2D eigenvalue weighted by Gasteiger charge is 2.22. The number of hydrogen-bond acceptors (Lipinski definition) is 4. The lowest BCUT2D eigenvalue weighted by Crippen LogP contribution is -2.09. The number of aryl methyl sites for hydroxylation is 3. The lowest BCUT2D eigenvalue weighted by atomic mass is 10.0. The highest BCUT2D eigenvalue weighted by molar-refractivity contribution is 7.42. The van der Waals surface area contributed by atoms with Gasteiger partial charge in [-0.2, -0.15) is 0 Å². The zero-order valence-corrected chi connectivity index (χ0v) is 14.0. The van der Waals surface area contributed by atoms with Crippen molar-refractivity contribution in [3.05, 3.63) is 64.7 Å². The molecule has 0 saturated heterocycles. The first-order chi connectivity index (χ1) is 10.5. The molecule has 2 aromatic carbocycles. The van der Waals surface area contributed by atoms with Gasteiger partial charge in [-0.25, -0.2) is 4.79 Å². The van der Waals surface area contributed by atoms with Gasteiger partial charge in [0, 0.05) is 7.11 Å². The van der Waals surface area contributed by atoms with Gasteiger partial charge in [-0.1, -0.05) is 35.9 Å². The van der Waals surface area contributed by atoms with Crippen LogP contribution in [-0.4, -0.2) is 13.1 Å². The summed E-state index contributed by atoms with van der Waals surface area (Å²) in [6.07, 6.45) is 0. The van der Waals surface area contributed by atoms with Crippen LogP contribution in [0.4, 0.5) is 0 Å². The van der Waals surface area contributed by atoms with Gasteiger partial charge in [0.1, 0.15) is 5.75 Å². The smallest absolute Gasteiger partial charge is 0.418 e. The third-order valence-corrected chi connectivity index (χ3v) is 4.08. The van der Waals surface area contributed by atoms with Crippen LogP contribution in [0.2, 0.25) is 0 Å². The summed E-state index contributed by atoms with van der Waals surface area (Å²) in [5.41, 5.74) is 3.44. The monoisotopic (exact) mass is 318 g/mol. The molecular weight excluding hydrogens is 299 g/mol. The van der Waals surface area contributed by atoms with E-state index < -0.39 is 14.6 Å². The Bertz CT molecular complexity index is 632. The fourth-order valence-electron chi connectivity index (χ4n) is 2.28. The summed E-state index contributed by atoms with van der Waals surface area (Å²) in [7, 11) is -0.325. The van der Waals surface area contributed by atoms with Gasteiger partial charge in [0.05, 0.1) is 5.56 Å². The molecular formula is C17H19O4P. The lowest BCUT2D eigenvalue weighted by Gasteiger charge is -2.16. The second-order valence-corrected chi connectivity index (χ2v) is 6.14. The van der Waals surface area contributed by atoms with Gasteiger partial charge in [0.15, 0.2) is 0 Å². The van der Waals surface area contributed by atoms with Crippen LogP contribution in [0.15, 0.2) is 42.5 Å². The molecule has 22 heavy (non-hydrogen) atoms. The van der Waals surface area contributed by atoms with Crippen molar-refractivity contribution < 1.29 is 18.4 Å². The molecule has 0 heterocycles. The van der Waals surface area contributed by atoms with Crippen molar-refractivity contribution in [1.29, 1.82) is 0 Å². The number of benzene rings is 2. The van der Waals surface area contributed by atoms with E-state index in [0.29, 0.717) is 11.3 Å². The molecule has 5 heteroatoms. The van der Waals surface area contributed by atoms with Gasteiger partial charge in [0.2, 0.25) is 0 Å². The zero-order valence-electron chi connectivity index (χ0n) is 13.1. The highest BCUT2D eigenvalue weighted by Crippen LogP contribution is 2.40. The molecule has 0 radical (unpaired) electrons. The molecule has 0 saturated carbocycles. The Hall–Kier alpha value is -1.90. The third kappa shape index (κ3) is 4.06. The lowest BCUT2D eigenvalue weighted by molar-refractivity contribution is 0.0707. The SMILES string of the molecule is COP(OC(=O)c1c(C)cc(C)cc1C)Oc1ccccc1. The van der Waals surface area contributed by atoms with E-state index in [1.807, 2.05) is 51.1 Å². The largest absolute Gasteiger partial charge is 0.465 e. The maximum atomic E-state index is 12.4. The Kier molecular flexibility index (Phi) is 5.53.